The molecule has 4 heteroatoms. The second kappa shape index (κ2) is 5.82. The molecule has 1 aliphatic heterocycles. The van der Waals surface area contributed by atoms with E-state index in [0.717, 1.165) is 43.7 Å². The first-order valence-electron chi connectivity index (χ1n) is 5.82. The highest BCUT2D eigenvalue weighted by Crippen LogP contribution is 2.21. The summed E-state index contributed by atoms with van der Waals surface area (Å²) in [6, 6.07) is 3.80. The van der Waals surface area contributed by atoms with Gasteiger partial charge in [-0.1, -0.05) is 0 Å². The lowest BCUT2D eigenvalue weighted by atomic mass is 10.2. The molecular formula is C12H18N2O2. The van der Waals surface area contributed by atoms with E-state index in [2.05, 4.69) is 4.98 Å². The van der Waals surface area contributed by atoms with Crippen LogP contribution >= 0.6 is 0 Å². The predicted molar refractivity (Wildman–Crippen MR) is 61.2 cm³/mol. The highest BCUT2D eigenvalue weighted by Gasteiger charge is 2.16. The van der Waals surface area contributed by atoms with Gasteiger partial charge in [-0.2, -0.15) is 0 Å². The minimum Gasteiger partial charge on any atom is -0.463 e. The maximum Gasteiger partial charge on any atom is 0.199 e. The lowest BCUT2D eigenvalue weighted by Crippen LogP contribution is -2.25. The summed E-state index contributed by atoms with van der Waals surface area (Å²) >= 11 is 0. The van der Waals surface area contributed by atoms with Crippen molar-refractivity contribution in [3.05, 3.63) is 24.0 Å². The van der Waals surface area contributed by atoms with Gasteiger partial charge in [0.1, 0.15) is 5.75 Å². The zero-order chi connectivity index (χ0) is 11.2. The largest absolute Gasteiger partial charge is 0.463 e. The van der Waals surface area contributed by atoms with E-state index in [-0.39, 0.29) is 6.29 Å². The quantitative estimate of drug-likeness (QED) is 0.838. The molecule has 2 heterocycles. The number of hydrogen-bond donors (Lipinski definition) is 1. The van der Waals surface area contributed by atoms with Gasteiger partial charge in [0.05, 0.1) is 12.3 Å². The summed E-state index contributed by atoms with van der Waals surface area (Å²) in [7, 11) is 0. The zero-order valence-corrected chi connectivity index (χ0v) is 9.39. The predicted octanol–water partition coefficient (Wildman–Crippen LogP) is 1.49. The zero-order valence-electron chi connectivity index (χ0n) is 9.39. The Bertz CT molecular complexity index is 325. The van der Waals surface area contributed by atoms with E-state index in [1.165, 1.54) is 0 Å². The second-order valence-electron chi connectivity index (χ2n) is 3.90. The van der Waals surface area contributed by atoms with Crippen LogP contribution in [0.25, 0.3) is 0 Å². The molecule has 0 aromatic carbocycles. The van der Waals surface area contributed by atoms with E-state index in [1.54, 1.807) is 6.20 Å². The smallest absolute Gasteiger partial charge is 0.199 e. The summed E-state index contributed by atoms with van der Waals surface area (Å²) in [6.07, 6.45) is 5.63. The fraction of sp³-hybridized carbons (Fsp3) is 0.583. The monoisotopic (exact) mass is 222 g/mol. The molecule has 0 spiro atoms. The highest BCUT2D eigenvalue weighted by atomic mass is 16.7. The van der Waals surface area contributed by atoms with E-state index in [9.17, 15) is 0 Å². The average Bonchev–Trinajstić information content (AvgIpc) is 2.33. The molecule has 1 unspecified atom stereocenters. The molecule has 2 N–H and O–H groups in total. The van der Waals surface area contributed by atoms with Crippen LogP contribution < -0.4 is 10.5 Å². The lowest BCUT2D eigenvalue weighted by molar-refractivity contribution is -0.106. The molecule has 1 saturated heterocycles. The van der Waals surface area contributed by atoms with Crippen LogP contribution in [0.3, 0.4) is 0 Å². The fourth-order valence-electron chi connectivity index (χ4n) is 1.80. The van der Waals surface area contributed by atoms with Crippen molar-refractivity contribution in [2.75, 3.05) is 13.2 Å². The third kappa shape index (κ3) is 2.93. The molecule has 88 valence electrons. The van der Waals surface area contributed by atoms with Crippen molar-refractivity contribution in [3.8, 4) is 5.75 Å². The number of hydrogen-bond acceptors (Lipinski definition) is 4. The normalized spacial score (nSPS) is 20.7. The molecule has 0 aliphatic carbocycles. The van der Waals surface area contributed by atoms with Gasteiger partial charge in [-0.15, -0.1) is 0 Å². The first-order valence-corrected chi connectivity index (χ1v) is 5.82. The van der Waals surface area contributed by atoms with Crippen LogP contribution in [-0.4, -0.2) is 24.4 Å². The van der Waals surface area contributed by atoms with Gasteiger partial charge in [0.15, 0.2) is 6.29 Å². The summed E-state index contributed by atoms with van der Waals surface area (Å²) < 4.78 is 11.3. The first-order chi connectivity index (χ1) is 7.90. The Balaban J connectivity index is 2.01. The van der Waals surface area contributed by atoms with E-state index >= 15 is 0 Å². The van der Waals surface area contributed by atoms with Crippen molar-refractivity contribution in [2.45, 2.75) is 32.0 Å². The molecule has 0 radical (unpaired) electrons. The molecule has 1 atom stereocenters. The van der Waals surface area contributed by atoms with Crippen LogP contribution in [0.2, 0.25) is 0 Å². The van der Waals surface area contributed by atoms with Crippen molar-refractivity contribution in [1.29, 1.82) is 0 Å². The molecule has 1 aliphatic rings. The summed E-state index contributed by atoms with van der Waals surface area (Å²) in [5, 5.41) is 0. The van der Waals surface area contributed by atoms with Gasteiger partial charge < -0.3 is 15.2 Å². The maximum atomic E-state index is 5.80. The Kier molecular flexibility index (Phi) is 4.13. The number of pyridine rings is 1. The Morgan fingerprint density at radius 1 is 1.50 bits per heavy atom. The molecule has 0 bridgehead atoms. The van der Waals surface area contributed by atoms with Crippen LogP contribution in [0.1, 0.15) is 25.0 Å². The van der Waals surface area contributed by atoms with Crippen molar-refractivity contribution < 1.29 is 9.47 Å². The fourth-order valence-corrected chi connectivity index (χ4v) is 1.80. The van der Waals surface area contributed by atoms with Crippen LogP contribution in [0.15, 0.2) is 18.3 Å². The summed E-state index contributed by atoms with van der Waals surface area (Å²) in [5.74, 6) is 0.805. The average molecular weight is 222 g/mol. The molecular weight excluding hydrogens is 204 g/mol. The Labute approximate surface area is 95.8 Å². The lowest BCUT2D eigenvalue weighted by Gasteiger charge is -2.24. The van der Waals surface area contributed by atoms with Gasteiger partial charge in [-0.05, 0) is 31.5 Å². The highest BCUT2D eigenvalue weighted by molar-refractivity contribution is 5.27. The Hall–Kier alpha value is -1.13. The van der Waals surface area contributed by atoms with Gasteiger partial charge in [-0.25, -0.2) is 0 Å². The van der Waals surface area contributed by atoms with E-state index < -0.39 is 0 Å². The minimum absolute atomic E-state index is 0.116. The van der Waals surface area contributed by atoms with Crippen LogP contribution in [-0.2, 0) is 11.2 Å². The van der Waals surface area contributed by atoms with Crippen LogP contribution in [0.5, 0.6) is 5.75 Å². The van der Waals surface area contributed by atoms with Crippen molar-refractivity contribution in [2.24, 2.45) is 5.73 Å². The molecule has 1 aromatic rings. The third-order valence-electron chi connectivity index (χ3n) is 2.63. The van der Waals surface area contributed by atoms with Gasteiger partial charge in [-0.3, -0.25) is 4.98 Å². The van der Waals surface area contributed by atoms with Gasteiger partial charge >= 0.3 is 0 Å². The molecule has 1 fully saturated rings. The van der Waals surface area contributed by atoms with Gasteiger partial charge in [0.25, 0.3) is 0 Å². The van der Waals surface area contributed by atoms with E-state index in [4.69, 9.17) is 15.2 Å². The number of aromatic nitrogens is 1. The number of rotatable bonds is 4. The number of nitrogens with two attached hydrogens (primary N) is 1. The minimum atomic E-state index is -0.116. The molecule has 2 rings (SSSR count). The number of ether oxygens (including phenoxy) is 2. The Morgan fingerprint density at radius 2 is 2.44 bits per heavy atom. The molecule has 0 saturated carbocycles. The van der Waals surface area contributed by atoms with Gasteiger partial charge in [0.2, 0.25) is 0 Å². The first kappa shape index (κ1) is 11.4. The number of nitrogens with zero attached hydrogens (tertiary/aromatic N) is 1. The van der Waals surface area contributed by atoms with Crippen molar-refractivity contribution in [1.82, 2.24) is 4.98 Å². The summed E-state index contributed by atoms with van der Waals surface area (Å²) in [5.41, 5.74) is 6.45. The SMILES string of the molecule is NCCc1ncccc1OC1CCCCO1. The maximum absolute atomic E-state index is 5.80. The van der Waals surface area contributed by atoms with Crippen molar-refractivity contribution >= 4 is 0 Å². The standard InChI is InChI=1S/C12H18N2O2/c13-7-6-10-11(4-3-8-14-10)16-12-5-1-2-9-15-12/h3-4,8,12H,1-2,5-7,9,13H2. The topological polar surface area (TPSA) is 57.4 Å². The van der Waals surface area contributed by atoms with Crippen LogP contribution in [0.4, 0.5) is 0 Å². The van der Waals surface area contributed by atoms with Crippen molar-refractivity contribution in [3.63, 3.8) is 0 Å². The van der Waals surface area contributed by atoms with E-state index in [0.29, 0.717) is 6.54 Å². The Morgan fingerprint density at radius 3 is 3.19 bits per heavy atom. The summed E-state index contributed by atoms with van der Waals surface area (Å²) in [4.78, 5) is 4.27. The van der Waals surface area contributed by atoms with Gasteiger partial charge in [0, 0.05) is 19.0 Å². The molecule has 0 amide bonds. The summed E-state index contributed by atoms with van der Waals surface area (Å²) in [6.45, 7) is 1.37. The van der Waals surface area contributed by atoms with Crippen LogP contribution in [0, 0.1) is 0 Å². The third-order valence-corrected chi connectivity index (χ3v) is 2.63. The molecule has 4 nitrogen and oxygen atoms in total. The second-order valence-corrected chi connectivity index (χ2v) is 3.90. The van der Waals surface area contributed by atoms with E-state index in [1.807, 2.05) is 12.1 Å². The molecule has 16 heavy (non-hydrogen) atoms. The molecule has 1 aromatic heterocycles.